The maximum Gasteiger partial charge on any atom is 0.332 e. The molecule has 4 nitrogen and oxygen atoms in total. The number of hydrogen-bond acceptors (Lipinski definition) is 3. The highest BCUT2D eigenvalue weighted by Gasteiger charge is 2.29. The van der Waals surface area contributed by atoms with Gasteiger partial charge in [-0.3, -0.25) is 0 Å². The Balaban J connectivity index is 2.35. The van der Waals surface area contributed by atoms with E-state index in [1.807, 2.05) is 0 Å². The van der Waals surface area contributed by atoms with Gasteiger partial charge in [0.1, 0.15) is 0 Å². The molecule has 10 heavy (non-hydrogen) atoms. The molecule has 1 fully saturated rings. The first-order valence-corrected chi connectivity index (χ1v) is 3.23. The van der Waals surface area contributed by atoms with Gasteiger partial charge < -0.3 is 14.9 Å². The van der Waals surface area contributed by atoms with Gasteiger partial charge in [-0.2, -0.15) is 0 Å². The lowest BCUT2D eigenvalue weighted by Crippen LogP contribution is -2.21. The summed E-state index contributed by atoms with van der Waals surface area (Å²) in [6, 6.07) is 0. The van der Waals surface area contributed by atoms with Crippen LogP contribution in [0.2, 0.25) is 0 Å². The van der Waals surface area contributed by atoms with Crippen molar-refractivity contribution in [1.82, 2.24) is 0 Å². The largest absolute Gasteiger partial charge is 0.479 e. The molecule has 58 valence electrons. The predicted molar refractivity (Wildman–Crippen MR) is 32.6 cm³/mol. The molecule has 0 amide bonds. The number of aliphatic hydroxyl groups excluding tert-OH is 1. The SMILES string of the molecule is O=C(O)[C@@H]1CC[C@H](CO)O1. The van der Waals surface area contributed by atoms with Crippen molar-refractivity contribution in [2.45, 2.75) is 25.0 Å². The van der Waals surface area contributed by atoms with Gasteiger partial charge in [-0.1, -0.05) is 0 Å². The van der Waals surface area contributed by atoms with E-state index < -0.39 is 12.1 Å². The minimum absolute atomic E-state index is 0.0796. The smallest absolute Gasteiger partial charge is 0.332 e. The zero-order valence-corrected chi connectivity index (χ0v) is 5.49. The van der Waals surface area contributed by atoms with E-state index in [1.165, 1.54) is 0 Å². The zero-order chi connectivity index (χ0) is 7.56. The number of hydrogen-bond donors (Lipinski definition) is 2. The fourth-order valence-electron chi connectivity index (χ4n) is 1.02. The van der Waals surface area contributed by atoms with Crippen molar-refractivity contribution in [3.05, 3.63) is 0 Å². The van der Waals surface area contributed by atoms with Gasteiger partial charge in [-0.25, -0.2) is 4.79 Å². The molecule has 0 aromatic carbocycles. The molecule has 1 aliphatic rings. The van der Waals surface area contributed by atoms with Gasteiger partial charge in [0.05, 0.1) is 12.7 Å². The lowest BCUT2D eigenvalue weighted by molar-refractivity contribution is -0.150. The first-order valence-electron chi connectivity index (χ1n) is 3.23. The number of aliphatic carboxylic acids is 1. The lowest BCUT2D eigenvalue weighted by atomic mass is 10.2. The standard InChI is InChI=1S/C6H10O4/c7-3-4-1-2-5(10-4)6(8)9/h4-5,7H,1-3H2,(H,8,9)/t4-,5+/m1/s1. The summed E-state index contributed by atoms with van der Waals surface area (Å²) in [5, 5.41) is 17.0. The van der Waals surface area contributed by atoms with Crippen molar-refractivity contribution in [2.75, 3.05) is 6.61 Å². The molecule has 0 aromatic rings. The molecule has 2 atom stereocenters. The molecule has 1 heterocycles. The first kappa shape index (κ1) is 7.50. The molecule has 4 heteroatoms. The Morgan fingerprint density at radius 1 is 1.60 bits per heavy atom. The zero-order valence-electron chi connectivity index (χ0n) is 5.49. The van der Waals surface area contributed by atoms with E-state index in [0.717, 1.165) is 0 Å². The van der Waals surface area contributed by atoms with E-state index in [1.54, 1.807) is 0 Å². The molecule has 1 saturated heterocycles. The van der Waals surface area contributed by atoms with Crippen molar-refractivity contribution in [3.63, 3.8) is 0 Å². The van der Waals surface area contributed by atoms with Crippen LogP contribution < -0.4 is 0 Å². The minimum atomic E-state index is -0.934. The summed E-state index contributed by atoms with van der Waals surface area (Å²) in [5.41, 5.74) is 0. The molecule has 1 rings (SSSR count). The Morgan fingerprint density at radius 2 is 2.30 bits per heavy atom. The van der Waals surface area contributed by atoms with Crippen LogP contribution in [-0.4, -0.2) is 35.0 Å². The Bertz CT molecular complexity index is 134. The molecule has 0 spiro atoms. The predicted octanol–water partition coefficient (Wildman–Crippen LogP) is -0.389. The fraction of sp³-hybridized carbons (Fsp3) is 0.833. The number of carboxylic acid groups (broad SMARTS) is 1. The van der Waals surface area contributed by atoms with Gasteiger partial charge in [0.2, 0.25) is 0 Å². The molecule has 0 unspecified atom stereocenters. The summed E-state index contributed by atoms with van der Waals surface area (Å²) in [4.78, 5) is 10.3. The normalized spacial score (nSPS) is 32.5. The third kappa shape index (κ3) is 1.46. The summed E-state index contributed by atoms with van der Waals surface area (Å²) in [6.07, 6.45) is 0.201. The van der Waals surface area contributed by atoms with E-state index in [0.29, 0.717) is 12.8 Å². The number of rotatable bonds is 2. The quantitative estimate of drug-likeness (QED) is 0.556. The van der Waals surface area contributed by atoms with Gasteiger partial charge >= 0.3 is 5.97 Å². The molecule has 0 aliphatic carbocycles. The average Bonchev–Trinajstić information content (AvgIpc) is 2.34. The summed E-state index contributed by atoms with van der Waals surface area (Å²) < 4.78 is 4.92. The van der Waals surface area contributed by atoms with E-state index in [-0.39, 0.29) is 12.7 Å². The van der Waals surface area contributed by atoms with Crippen LogP contribution in [0.25, 0.3) is 0 Å². The Hall–Kier alpha value is -0.610. The van der Waals surface area contributed by atoms with Crippen LogP contribution in [0.4, 0.5) is 0 Å². The highest BCUT2D eigenvalue weighted by atomic mass is 16.5. The van der Waals surface area contributed by atoms with Crippen LogP contribution in [-0.2, 0) is 9.53 Å². The van der Waals surface area contributed by atoms with Crippen molar-refractivity contribution in [2.24, 2.45) is 0 Å². The van der Waals surface area contributed by atoms with Crippen molar-refractivity contribution < 1.29 is 19.7 Å². The van der Waals surface area contributed by atoms with Crippen LogP contribution in [0, 0.1) is 0 Å². The Morgan fingerprint density at radius 3 is 2.60 bits per heavy atom. The molecule has 0 bridgehead atoms. The number of carboxylic acids is 1. The highest BCUT2D eigenvalue weighted by Crippen LogP contribution is 2.18. The Kier molecular flexibility index (Phi) is 2.24. The van der Waals surface area contributed by atoms with Gasteiger partial charge in [-0.15, -0.1) is 0 Å². The minimum Gasteiger partial charge on any atom is -0.479 e. The maximum absolute atomic E-state index is 10.3. The molecule has 0 saturated carbocycles. The highest BCUT2D eigenvalue weighted by molar-refractivity contribution is 5.72. The second kappa shape index (κ2) is 2.98. The van der Waals surface area contributed by atoms with Crippen molar-refractivity contribution in [3.8, 4) is 0 Å². The van der Waals surface area contributed by atoms with Crippen LogP contribution in [0.1, 0.15) is 12.8 Å². The molecule has 1 aliphatic heterocycles. The van der Waals surface area contributed by atoms with Crippen molar-refractivity contribution in [1.29, 1.82) is 0 Å². The molecule has 0 radical (unpaired) electrons. The van der Waals surface area contributed by atoms with Gasteiger partial charge in [0.15, 0.2) is 6.10 Å². The third-order valence-corrected chi connectivity index (χ3v) is 1.59. The Labute approximate surface area is 58.4 Å². The number of aliphatic hydroxyl groups is 1. The maximum atomic E-state index is 10.3. The first-order chi connectivity index (χ1) is 4.74. The number of carbonyl (C=O) groups is 1. The summed E-state index contributed by atoms with van der Waals surface area (Å²) >= 11 is 0. The van der Waals surface area contributed by atoms with Gasteiger partial charge in [-0.05, 0) is 12.8 Å². The molecule has 0 aromatic heterocycles. The average molecular weight is 146 g/mol. The molecular formula is C6H10O4. The lowest BCUT2D eigenvalue weighted by Gasteiger charge is -2.06. The van der Waals surface area contributed by atoms with Crippen LogP contribution in [0.5, 0.6) is 0 Å². The number of ether oxygens (including phenoxy) is 1. The van der Waals surface area contributed by atoms with Crippen molar-refractivity contribution >= 4 is 5.97 Å². The second-order valence-electron chi connectivity index (χ2n) is 2.34. The molecular weight excluding hydrogens is 136 g/mol. The third-order valence-electron chi connectivity index (χ3n) is 1.59. The topological polar surface area (TPSA) is 66.8 Å². The van der Waals surface area contributed by atoms with E-state index in [9.17, 15) is 4.79 Å². The van der Waals surface area contributed by atoms with E-state index in [4.69, 9.17) is 14.9 Å². The van der Waals surface area contributed by atoms with Crippen LogP contribution in [0.15, 0.2) is 0 Å². The monoisotopic (exact) mass is 146 g/mol. The van der Waals surface area contributed by atoms with E-state index in [2.05, 4.69) is 0 Å². The molecule has 2 N–H and O–H groups in total. The van der Waals surface area contributed by atoms with Gasteiger partial charge in [0, 0.05) is 0 Å². The van der Waals surface area contributed by atoms with Crippen LogP contribution >= 0.6 is 0 Å². The second-order valence-corrected chi connectivity index (χ2v) is 2.34. The summed E-state index contributed by atoms with van der Waals surface area (Å²) in [7, 11) is 0. The van der Waals surface area contributed by atoms with Crippen LogP contribution in [0.3, 0.4) is 0 Å². The van der Waals surface area contributed by atoms with Gasteiger partial charge in [0.25, 0.3) is 0 Å². The fourth-order valence-corrected chi connectivity index (χ4v) is 1.02. The summed E-state index contributed by atoms with van der Waals surface area (Å²) in [5.74, 6) is -0.934. The van der Waals surface area contributed by atoms with E-state index >= 15 is 0 Å². The summed E-state index contributed by atoms with van der Waals surface area (Å²) in [6.45, 7) is -0.0796.